The Bertz CT molecular complexity index is 1470. The normalized spacial score (nSPS) is 13.9. The SMILES string of the molecule is Cc1ccnc(C(C)C)c1-n1c(=O)nc(OC2CNC2)c2cc(Cl)c(-c3ccccc3F)nc21. The lowest BCUT2D eigenvalue weighted by molar-refractivity contribution is 0.137. The summed E-state index contributed by atoms with van der Waals surface area (Å²) >= 11 is 6.59. The van der Waals surface area contributed by atoms with Crippen LogP contribution in [-0.2, 0) is 0 Å². The van der Waals surface area contributed by atoms with Gasteiger partial charge in [0.25, 0.3) is 0 Å². The molecule has 4 heterocycles. The summed E-state index contributed by atoms with van der Waals surface area (Å²) in [6.07, 6.45) is 1.60. The smallest absolute Gasteiger partial charge is 0.357 e. The number of halogens is 2. The summed E-state index contributed by atoms with van der Waals surface area (Å²) in [5.41, 5.74) is 2.37. The van der Waals surface area contributed by atoms with E-state index in [1.807, 2.05) is 26.8 Å². The van der Waals surface area contributed by atoms with Crippen LogP contribution in [0.2, 0.25) is 5.02 Å². The Morgan fingerprint density at radius 2 is 1.97 bits per heavy atom. The second-order valence-electron chi connectivity index (χ2n) is 8.62. The molecule has 3 aromatic heterocycles. The molecular weight excluding hydrogens is 457 g/mol. The first-order chi connectivity index (χ1) is 16.3. The molecule has 1 aliphatic heterocycles. The van der Waals surface area contributed by atoms with E-state index in [9.17, 15) is 9.18 Å². The fraction of sp³-hybridized carbons (Fsp3) is 0.280. The van der Waals surface area contributed by atoms with Gasteiger partial charge in [0, 0.05) is 24.8 Å². The Kier molecular flexibility index (Phi) is 5.79. The van der Waals surface area contributed by atoms with Gasteiger partial charge in [-0.3, -0.25) is 4.98 Å². The van der Waals surface area contributed by atoms with Crippen LogP contribution < -0.4 is 15.7 Å². The minimum atomic E-state index is -0.554. The van der Waals surface area contributed by atoms with E-state index in [-0.39, 0.29) is 39.8 Å². The summed E-state index contributed by atoms with van der Waals surface area (Å²) in [4.78, 5) is 27.0. The van der Waals surface area contributed by atoms with Gasteiger partial charge in [-0.2, -0.15) is 4.98 Å². The standard InChI is InChI=1S/C25H23ClFN5O2/c1-13(2)20-22(14(3)8-9-29-20)32-23-17(24(31-25(32)33)34-15-11-28-12-15)10-18(26)21(30-23)16-6-4-5-7-19(16)27/h4-10,13,15,28H,11-12H2,1-3H3. The van der Waals surface area contributed by atoms with Gasteiger partial charge in [0.2, 0.25) is 5.88 Å². The number of hydrogen-bond acceptors (Lipinski definition) is 6. The van der Waals surface area contributed by atoms with E-state index in [0.717, 1.165) is 11.3 Å². The van der Waals surface area contributed by atoms with E-state index < -0.39 is 11.5 Å². The highest BCUT2D eigenvalue weighted by atomic mass is 35.5. The van der Waals surface area contributed by atoms with Crippen LogP contribution in [0.15, 0.2) is 47.4 Å². The van der Waals surface area contributed by atoms with Gasteiger partial charge in [-0.15, -0.1) is 0 Å². The summed E-state index contributed by atoms with van der Waals surface area (Å²) in [5.74, 6) is -0.270. The molecule has 0 saturated carbocycles. The maximum atomic E-state index is 14.7. The number of fused-ring (bicyclic) bond motifs is 1. The van der Waals surface area contributed by atoms with E-state index >= 15 is 0 Å². The molecular formula is C25H23ClFN5O2. The van der Waals surface area contributed by atoms with Crippen molar-refractivity contribution in [2.75, 3.05) is 13.1 Å². The minimum absolute atomic E-state index is 0.0344. The average Bonchev–Trinajstić information content (AvgIpc) is 2.77. The molecule has 1 aliphatic rings. The van der Waals surface area contributed by atoms with Gasteiger partial charge in [-0.1, -0.05) is 37.6 Å². The Morgan fingerprint density at radius 3 is 2.65 bits per heavy atom. The fourth-order valence-electron chi connectivity index (χ4n) is 4.02. The average molecular weight is 480 g/mol. The third-order valence-corrected chi connectivity index (χ3v) is 6.15. The van der Waals surface area contributed by atoms with Gasteiger partial charge in [0.05, 0.1) is 27.5 Å². The lowest BCUT2D eigenvalue weighted by atomic mass is 10.0. The quantitative estimate of drug-likeness (QED) is 0.456. The predicted molar refractivity (Wildman–Crippen MR) is 129 cm³/mol. The first kappa shape index (κ1) is 22.4. The Morgan fingerprint density at radius 1 is 1.21 bits per heavy atom. The first-order valence-corrected chi connectivity index (χ1v) is 11.4. The predicted octanol–water partition coefficient (Wildman–Crippen LogP) is 4.42. The third kappa shape index (κ3) is 3.82. The van der Waals surface area contributed by atoms with Crippen LogP contribution >= 0.6 is 11.6 Å². The van der Waals surface area contributed by atoms with E-state index in [1.54, 1.807) is 30.5 Å². The molecule has 0 spiro atoms. The summed E-state index contributed by atoms with van der Waals surface area (Å²) in [5, 5.41) is 3.83. The van der Waals surface area contributed by atoms with Crippen molar-refractivity contribution in [3.05, 3.63) is 75.2 Å². The van der Waals surface area contributed by atoms with Gasteiger partial charge in [0.1, 0.15) is 11.9 Å². The number of nitrogens with one attached hydrogen (secondary N) is 1. The molecule has 4 aromatic rings. The zero-order valence-corrected chi connectivity index (χ0v) is 19.7. The molecule has 7 nitrogen and oxygen atoms in total. The van der Waals surface area contributed by atoms with Crippen LogP contribution in [-0.4, -0.2) is 38.7 Å². The number of rotatable bonds is 5. The highest BCUT2D eigenvalue weighted by Crippen LogP contribution is 2.35. The van der Waals surface area contributed by atoms with Crippen molar-refractivity contribution >= 4 is 22.6 Å². The highest BCUT2D eigenvalue weighted by molar-refractivity contribution is 6.33. The Hall–Kier alpha value is -3.36. The number of hydrogen-bond donors (Lipinski definition) is 1. The van der Waals surface area contributed by atoms with E-state index in [0.29, 0.717) is 24.2 Å². The van der Waals surface area contributed by atoms with Crippen LogP contribution in [0.4, 0.5) is 4.39 Å². The maximum Gasteiger partial charge on any atom is 0.357 e. The number of aromatic nitrogens is 4. The second-order valence-corrected chi connectivity index (χ2v) is 9.03. The minimum Gasteiger partial charge on any atom is -0.471 e. The van der Waals surface area contributed by atoms with E-state index in [1.165, 1.54) is 10.6 Å². The van der Waals surface area contributed by atoms with Crippen LogP contribution in [0, 0.1) is 12.7 Å². The molecule has 0 bridgehead atoms. The summed E-state index contributed by atoms with van der Waals surface area (Å²) in [6.45, 7) is 7.21. The van der Waals surface area contributed by atoms with Crippen molar-refractivity contribution in [3.8, 4) is 22.8 Å². The van der Waals surface area contributed by atoms with Gasteiger partial charge in [0.15, 0.2) is 5.65 Å². The number of aryl methyl sites for hydroxylation is 1. The van der Waals surface area contributed by atoms with Gasteiger partial charge in [-0.05, 0) is 42.7 Å². The molecule has 34 heavy (non-hydrogen) atoms. The van der Waals surface area contributed by atoms with E-state index in [4.69, 9.17) is 21.3 Å². The van der Waals surface area contributed by atoms with Crippen molar-refractivity contribution in [3.63, 3.8) is 0 Å². The summed E-state index contributed by atoms with van der Waals surface area (Å²) < 4.78 is 22.1. The van der Waals surface area contributed by atoms with Crippen molar-refractivity contribution in [2.45, 2.75) is 32.8 Å². The van der Waals surface area contributed by atoms with Gasteiger partial charge in [-0.25, -0.2) is 18.7 Å². The van der Waals surface area contributed by atoms with E-state index in [2.05, 4.69) is 15.3 Å². The molecule has 1 fully saturated rings. The number of nitrogens with zero attached hydrogens (tertiary/aromatic N) is 4. The highest BCUT2D eigenvalue weighted by Gasteiger charge is 2.25. The molecule has 0 aliphatic carbocycles. The molecule has 0 radical (unpaired) electrons. The van der Waals surface area contributed by atoms with Crippen molar-refractivity contribution in [1.82, 2.24) is 24.8 Å². The Labute approximate surface area is 200 Å². The molecule has 1 saturated heterocycles. The molecule has 1 N–H and O–H groups in total. The molecule has 9 heteroatoms. The number of pyridine rings is 2. The van der Waals surface area contributed by atoms with Crippen molar-refractivity contribution in [2.24, 2.45) is 0 Å². The number of ether oxygens (including phenoxy) is 1. The monoisotopic (exact) mass is 479 g/mol. The lowest BCUT2D eigenvalue weighted by Crippen LogP contribution is -2.50. The van der Waals surface area contributed by atoms with Crippen molar-refractivity contribution < 1.29 is 9.13 Å². The number of benzene rings is 1. The maximum absolute atomic E-state index is 14.7. The summed E-state index contributed by atoms with van der Waals surface area (Å²) in [6, 6.07) is 9.72. The second kappa shape index (κ2) is 8.77. The zero-order chi connectivity index (χ0) is 24.0. The molecule has 5 rings (SSSR count). The van der Waals surface area contributed by atoms with Gasteiger partial charge >= 0.3 is 5.69 Å². The van der Waals surface area contributed by atoms with Gasteiger partial charge < -0.3 is 10.1 Å². The first-order valence-electron chi connectivity index (χ1n) is 11.1. The molecule has 0 amide bonds. The molecule has 1 aromatic carbocycles. The van der Waals surface area contributed by atoms with Crippen LogP contribution in [0.3, 0.4) is 0 Å². The summed E-state index contributed by atoms with van der Waals surface area (Å²) in [7, 11) is 0. The topological polar surface area (TPSA) is 81.9 Å². The lowest BCUT2D eigenvalue weighted by Gasteiger charge is -2.28. The van der Waals surface area contributed by atoms with Crippen LogP contribution in [0.5, 0.6) is 5.88 Å². The van der Waals surface area contributed by atoms with Crippen LogP contribution in [0.1, 0.15) is 31.0 Å². The van der Waals surface area contributed by atoms with Crippen molar-refractivity contribution in [1.29, 1.82) is 0 Å². The molecule has 0 atom stereocenters. The zero-order valence-electron chi connectivity index (χ0n) is 19.0. The Balaban J connectivity index is 1.87. The largest absolute Gasteiger partial charge is 0.471 e. The fourth-order valence-corrected chi connectivity index (χ4v) is 4.27. The third-order valence-electron chi connectivity index (χ3n) is 5.86. The van der Waals surface area contributed by atoms with Crippen LogP contribution in [0.25, 0.3) is 28.0 Å². The molecule has 0 unspecified atom stereocenters. The molecule has 174 valence electrons.